The monoisotopic (exact) mass is 576 g/mol. The zero-order valence-electron chi connectivity index (χ0n) is 23.5. The molecule has 0 saturated carbocycles. The maximum absolute atomic E-state index is 14.1. The number of fused-ring (bicyclic) bond motifs is 3. The Balaban J connectivity index is 1.69. The van der Waals surface area contributed by atoms with E-state index in [4.69, 9.17) is 5.73 Å². The molecule has 0 aromatic heterocycles. The van der Waals surface area contributed by atoms with Gasteiger partial charge in [-0.25, -0.2) is 0 Å². The zero-order valence-corrected chi connectivity index (χ0v) is 23.5. The van der Waals surface area contributed by atoms with E-state index in [1.54, 1.807) is 63.4 Å². The first-order valence-corrected chi connectivity index (χ1v) is 13.3. The minimum absolute atomic E-state index is 0.0321. The molecule has 0 saturated heterocycles. The number of aromatic hydroxyl groups is 1. The number of carbonyl (C=O) groups excluding carboxylic acids is 4. The summed E-state index contributed by atoms with van der Waals surface area (Å²) in [5.41, 5.74) is 2.41. The fraction of sp³-hybridized carbons (Fsp3) is 0.333. The van der Waals surface area contributed by atoms with Crippen LogP contribution in [0.2, 0.25) is 0 Å². The lowest BCUT2D eigenvalue weighted by Crippen LogP contribution is -2.63. The van der Waals surface area contributed by atoms with E-state index in [9.17, 15) is 39.6 Å². The molecule has 0 radical (unpaired) electrons. The van der Waals surface area contributed by atoms with E-state index in [0.29, 0.717) is 16.9 Å². The van der Waals surface area contributed by atoms with Crippen LogP contribution in [0.3, 0.4) is 0 Å². The second-order valence-electron chi connectivity index (χ2n) is 11.3. The van der Waals surface area contributed by atoms with Gasteiger partial charge in [0.25, 0.3) is 11.8 Å². The van der Waals surface area contributed by atoms with E-state index >= 15 is 0 Å². The maximum Gasteiger partial charge on any atom is 0.259 e. The van der Waals surface area contributed by atoms with Gasteiger partial charge >= 0.3 is 0 Å². The number of likely N-dealkylation sites (N-methyl/N-ethyl adjacent to an activating group) is 1. The van der Waals surface area contributed by atoms with Crippen LogP contribution in [0.15, 0.2) is 59.1 Å². The van der Waals surface area contributed by atoms with Gasteiger partial charge in [0.15, 0.2) is 11.4 Å². The Morgan fingerprint density at radius 3 is 2.26 bits per heavy atom. The van der Waals surface area contributed by atoms with Crippen molar-refractivity contribution in [2.24, 2.45) is 17.6 Å². The molecule has 0 fully saturated rings. The molecular weight excluding hydrogens is 544 g/mol. The molecule has 7 N–H and O–H groups in total. The van der Waals surface area contributed by atoms with Crippen LogP contribution < -0.4 is 16.0 Å². The highest BCUT2D eigenvalue weighted by Crippen LogP contribution is 2.53. The Kier molecular flexibility index (Phi) is 6.86. The van der Waals surface area contributed by atoms with Crippen LogP contribution in [0.1, 0.15) is 32.7 Å². The van der Waals surface area contributed by atoms with Gasteiger partial charge in [0.1, 0.15) is 22.8 Å². The first-order chi connectivity index (χ1) is 19.7. The molecule has 3 aliphatic carbocycles. The minimum Gasteiger partial charge on any atom is -0.510 e. The summed E-state index contributed by atoms with van der Waals surface area (Å²) in [4.78, 5) is 56.2. The van der Waals surface area contributed by atoms with Crippen molar-refractivity contribution >= 4 is 34.8 Å². The van der Waals surface area contributed by atoms with Crippen LogP contribution in [0, 0.1) is 11.8 Å². The highest BCUT2D eigenvalue weighted by Gasteiger charge is 2.63. The van der Waals surface area contributed by atoms with Crippen LogP contribution in [0.25, 0.3) is 0 Å². The van der Waals surface area contributed by atoms with E-state index in [1.165, 1.54) is 11.0 Å². The molecule has 3 aliphatic rings. The summed E-state index contributed by atoms with van der Waals surface area (Å²) in [6, 6.07) is 8.93. The van der Waals surface area contributed by atoms with E-state index in [-0.39, 0.29) is 29.5 Å². The lowest BCUT2D eigenvalue weighted by atomic mass is 9.58. The first kappa shape index (κ1) is 28.8. The number of benzene rings is 2. The standard InChI is InChI=1S/C30H32N4O8/c1-33(2)18-12-16(29(41)32-14-8-6-5-7-9-14)23(35)20-15(18)10-13-11-17-22(34(3)4)25(37)21(28(31)40)27(39)30(17,42)26(38)19(13)24(20)36/h5-9,12-13,17,22,35,37-38,42H,10-11H2,1-4H3,(H2,31,40)(H,32,41)/t13-,17-,22-,30-/m0/s1. The molecule has 2 aromatic carbocycles. The number of aliphatic hydroxyl groups excluding tert-OH is 2. The summed E-state index contributed by atoms with van der Waals surface area (Å²) in [6.07, 6.45) is 0.0752. The number of hydrogen-bond acceptors (Lipinski definition) is 10. The number of nitrogens with zero attached hydrogens (tertiary/aromatic N) is 2. The lowest BCUT2D eigenvalue weighted by molar-refractivity contribution is -0.148. The first-order valence-electron chi connectivity index (χ1n) is 13.3. The average Bonchev–Trinajstić information content (AvgIpc) is 2.90. The molecule has 0 bridgehead atoms. The topological polar surface area (TPSA) is 194 Å². The smallest absolute Gasteiger partial charge is 0.259 e. The number of nitrogens with two attached hydrogens (primary N) is 1. The van der Waals surface area contributed by atoms with Crippen molar-refractivity contribution in [1.29, 1.82) is 0 Å². The number of nitrogens with one attached hydrogen (secondary N) is 1. The summed E-state index contributed by atoms with van der Waals surface area (Å²) >= 11 is 0. The number of amides is 2. The molecule has 4 atom stereocenters. The Hall–Kier alpha value is -4.68. The molecule has 2 amide bonds. The molecule has 0 unspecified atom stereocenters. The van der Waals surface area contributed by atoms with Crippen molar-refractivity contribution in [3.63, 3.8) is 0 Å². The van der Waals surface area contributed by atoms with Gasteiger partial charge < -0.3 is 36.4 Å². The van der Waals surface area contributed by atoms with Gasteiger partial charge in [-0.1, -0.05) is 18.2 Å². The fourth-order valence-electron chi connectivity index (χ4n) is 6.59. The number of phenols is 1. The SMILES string of the molecule is CN(C)c1cc(C(=O)Nc2ccccc2)c(O)c2c1C[C@H]1C[C@H]3[C@H](N(C)C)C(O)=C(C(N)=O)C(=O)[C@@]3(O)C(O)=C1C2=O. The predicted molar refractivity (Wildman–Crippen MR) is 152 cm³/mol. The molecule has 0 spiro atoms. The highest BCUT2D eigenvalue weighted by atomic mass is 16.3. The molecule has 0 aliphatic heterocycles. The number of phenolic OH excluding ortho intramolecular Hbond substituents is 1. The van der Waals surface area contributed by atoms with E-state index < -0.39 is 69.7 Å². The van der Waals surface area contributed by atoms with Crippen molar-refractivity contribution in [2.75, 3.05) is 38.4 Å². The summed E-state index contributed by atoms with van der Waals surface area (Å²) in [5, 5.41) is 48.2. The molecular formula is C30H32N4O8. The summed E-state index contributed by atoms with van der Waals surface area (Å²) in [6.45, 7) is 0. The molecule has 42 heavy (non-hydrogen) atoms. The Morgan fingerprint density at radius 2 is 1.69 bits per heavy atom. The van der Waals surface area contributed by atoms with Gasteiger partial charge in [-0.3, -0.25) is 24.1 Å². The van der Waals surface area contributed by atoms with Gasteiger partial charge in [-0.2, -0.15) is 0 Å². The van der Waals surface area contributed by atoms with Crippen molar-refractivity contribution in [1.82, 2.24) is 4.90 Å². The van der Waals surface area contributed by atoms with Crippen molar-refractivity contribution in [3.8, 4) is 5.75 Å². The molecule has 5 rings (SSSR count). The van der Waals surface area contributed by atoms with Crippen LogP contribution >= 0.6 is 0 Å². The van der Waals surface area contributed by atoms with Crippen molar-refractivity contribution in [3.05, 3.63) is 75.8 Å². The Morgan fingerprint density at radius 1 is 1.05 bits per heavy atom. The van der Waals surface area contributed by atoms with Crippen LogP contribution in [-0.2, 0) is 16.0 Å². The van der Waals surface area contributed by atoms with Crippen LogP contribution in [-0.4, -0.2) is 88.5 Å². The zero-order chi connectivity index (χ0) is 30.8. The summed E-state index contributed by atoms with van der Waals surface area (Å²) in [5.74, 6) is -8.21. The van der Waals surface area contributed by atoms with Crippen molar-refractivity contribution in [2.45, 2.75) is 24.5 Å². The second kappa shape index (κ2) is 10.00. The molecule has 0 heterocycles. The quantitative estimate of drug-likeness (QED) is 0.284. The number of anilines is 2. The Labute approximate surface area is 241 Å². The molecule has 12 heteroatoms. The third-order valence-corrected chi connectivity index (χ3v) is 8.46. The minimum atomic E-state index is -2.74. The molecule has 220 valence electrons. The average molecular weight is 577 g/mol. The molecule has 2 aromatic rings. The number of hydrogen-bond donors (Lipinski definition) is 6. The maximum atomic E-state index is 14.1. The van der Waals surface area contributed by atoms with Crippen LogP contribution in [0.5, 0.6) is 5.75 Å². The number of para-hydroxylation sites is 1. The Bertz CT molecular complexity index is 1610. The largest absolute Gasteiger partial charge is 0.510 e. The van der Waals surface area contributed by atoms with Gasteiger partial charge in [0.2, 0.25) is 5.78 Å². The number of aliphatic hydroxyl groups is 3. The predicted octanol–water partition coefficient (Wildman–Crippen LogP) is 1.44. The fourth-order valence-corrected chi connectivity index (χ4v) is 6.59. The van der Waals surface area contributed by atoms with Gasteiger partial charge in [-0.05, 0) is 56.6 Å². The number of ketones is 2. The van der Waals surface area contributed by atoms with Gasteiger partial charge in [0, 0.05) is 37.0 Å². The number of Topliss-reactive ketones (excluding diaryl/α,β-unsaturated/α-hetero) is 2. The third-order valence-electron chi connectivity index (χ3n) is 8.46. The number of rotatable bonds is 5. The summed E-state index contributed by atoms with van der Waals surface area (Å²) < 4.78 is 0. The van der Waals surface area contributed by atoms with E-state index in [0.717, 1.165) is 0 Å². The van der Waals surface area contributed by atoms with Gasteiger partial charge in [-0.15, -0.1) is 0 Å². The van der Waals surface area contributed by atoms with E-state index in [1.807, 2.05) is 0 Å². The van der Waals surface area contributed by atoms with Crippen LogP contribution in [0.4, 0.5) is 11.4 Å². The van der Waals surface area contributed by atoms with Crippen molar-refractivity contribution < 1.29 is 39.6 Å². The molecule has 12 nitrogen and oxygen atoms in total. The summed E-state index contributed by atoms with van der Waals surface area (Å²) in [7, 11) is 6.57. The number of allylic oxidation sites excluding steroid dienone is 1. The van der Waals surface area contributed by atoms with Gasteiger partial charge in [0.05, 0.1) is 17.2 Å². The number of primary amides is 1. The third kappa shape index (κ3) is 4.05. The normalized spacial score (nSPS) is 25.1. The van der Waals surface area contributed by atoms with E-state index in [2.05, 4.69) is 5.32 Å². The lowest BCUT2D eigenvalue weighted by Gasteiger charge is -2.50. The highest BCUT2D eigenvalue weighted by molar-refractivity contribution is 6.25. The number of carbonyl (C=O) groups is 4. The second-order valence-corrected chi connectivity index (χ2v) is 11.3.